The third-order valence-corrected chi connectivity index (χ3v) is 6.91. The standard InChI is InChI=1S/C22H18ClFN2O3S2/c1-11(2)29-21(28)18-12(3)25-22-26(19(18)16-8-5-9-30-16)20(27)17(31-22)10-13-14(23)6-4-7-15(13)24/h4-11,19H,1-3H3/b17-10-. The number of hydrogen-bond acceptors (Lipinski definition) is 6. The van der Waals surface area contributed by atoms with Crippen LogP contribution in [0, 0.1) is 5.82 Å². The van der Waals surface area contributed by atoms with E-state index in [1.807, 2.05) is 17.5 Å². The molecule has 9 heteroatoms. The molecule has 0 N–H and O–H groups in total. The topological polar surface area (TPSA) is 60.7 Å². The Morgan fingerprint density at radius 2 is 2.10 bits per heavy atom. The van der Waals surface area contributed by atoms with Gasteiger partial charge in [-0.1, -0.05) is 35.1 Å². The highest BCUT2D eigenvalue weighted by molar-refractivity contribution is 7.10. The molecule has 1 aromatic carbocycles. The lowest BCUT2D eigenvalue weighted by Gasteiger charge is -2.24. The molecule has 4 rings (SSSR count). The lowest BCUT2D eigenvalue weighted by atomic mass is 10.0. The van der Waals surface area contributed by atoms with E-state index in [-0.39, 0.29) is 26.8 Å². The number of hydrogen-bond donors (Lipinski definition) is 0. The molecule has 3 heterocycles. The summed E-state index contributed by atoms with van der Waals surface area (Å²) in [5.74, 6) is -1.04. The van der Waals surface area contributed by atoms with Crippen molar-refractivity contribution < 1.29 is 13.9 Å². The Kier molecular flexibility index (Phi) is 5.96. The second-order valence-electron chi connectivity index (χ2n) is 7.19. The molecule has 1 aliphatic heterocycles. The quantitative estimate of drug-likeness (QED) is 0.534. The maximum Gasteiger partial charge on any atom is 0.338 e. The summed E-state index contributed by atoms with van der Waals surface area (Å²) in [5.41, 5.74) is 0.570. The van der Waals surface area contributed by atoms with Crippen molar-refractivity contribution in [3.63, 3.8) is 0 Å². The number of carbonyl (C=O) groups excluding carboxylic acids is 1. The summed E-state index contributed by atoms with van der Waals surface area (Å²) >= 11 is 8.70. The van der Waals surface area contributed by atoms with Crippen molar-refractivity contribution >= 4 is 46.3 Å². The molecule has 0 radical (unpaired) electrons. The molecule has 0 spiro atoms. The molecule has 160 valence electrons. The van der Waals surface area contributed by atoms with Gasteiger partial charge in [0.2, 0.25) is 0 Å². The summed E-state index contributed by atoms with van der Waals surface area (Å²) in [6, 6.07) is 7.40. The van der Waals surface area contributed by atoms with Crippen LogP contribution in [0.4, 0.5) is 4.39 Å². The second-order valence-corrected chi connectivity index (χ2v) is 9.58. The lowest BCUT2D eigenvalue weighted by molar-refractivity contribution is -0.143. The zero-order valence-corrected chi connectivity index (χ0v) is 19.3. The number of aromatic nitrogens is 1. The van der Waals surface area contributed by atoms with Crippen LogP contribution < -0.4 is 14.9 Å². The zero-order valence-electron chi connectivity index (χ0n) is 16.9. The third-order valence-electron chi connectivity index (χ3n) is 4.67. The highest BCUT2D eigenvalue weighted by Gasteiger charge is 2.34. The van der Waals surface area contributed by atoms with Crippen LogP contribution in [0.25, 0.3) is 6.08 Å². The van der Waals surface area contributed by atoms with E-state index in [9.17, 15) is 14.0 Å². The average Bonchev–Trinajstić information content (AvgIpc) is 3.32. The number of allylic oxidation sites excluding steroid dienone is 1. The molecule has 0 amide bonds. The summed E-state index contributed by atoms with van der Waals surface area (Å²) in [6.45, 7) is 5.25. The summed E-state index contributed by atoms with van der Waals surface area (Å²) in [4.78, 5) is 32.0. The molecule has 5 nitrogen and oxygen atoms in total. The Morgan fingerprint density at radius 1 is 1.32 bits per heavy atom. The number of benzene rings is 1. The Balaban J connectivity index is 1.96. The Labute approximate surface area is 190 Å². The summed E-state index contributed by atoms with van der Waals surface area (Å²) in [6.07, 6.45) is 1.11. The molecule has 3 aromatic rings. The molecule has 0 saturated carbocycles. The van der Waals surface area contributed by atoms with Crippen molar-refractivity contribution in [2.24, 2.45) is 4.99 Å². The maximum absolute atomic E-state index is 14.3. The Morgan fingerprint density at radius 3 is 2.74 bits per heavy atom. The van der Waals surface area contributed by atoms with Crippen molar-refractivity contribution in [1.29, 1.82) is 0 Å². The number of esters is 1. The van der Waals surface area contributed by atoms with Crippen LogP contribution in [-0.4, -0.2) is 16.6 Å². The van der Waals surface area contributed by atoms with Gasteiger partial charge in [-0.3, -0.25) is 9.36 Å². The van der Waals surface area contributed by atoms with E-state index in [1.165, 1.54) is 34.1 Å². The van der Waals surface area contributed by atoms with Crippen molar-refractivity contribution in [3.05, 3.63) is 88.0 Å². The predicted molar refractivity (Wildman–Crippen MR) is 121 cm³/mol. The minimum Gasteiger partial charge on any atom is -0.459 e. The highest BCUT2D eigenvalue weighted by Crippen LogP contribution is 2.33. The smallest absolute Gasteiger partial charge is 0.338 e. The first kappa shape index (κ1) is 21.7. The van der Waals surface area contributed by atoms with E-state index in [1.54, 1.807) is 26.8 Å². The number of thiazole rings is 1. The van der Waals surface area contributed by atoms with Crippen LogP contribution in [0.5, 0.6) is 0 Å². The van der Waals surface area contributed by atoms with Gasteiger partial charge in [-0.15, -0.1) is 11.3 Å². The highest BCUT2D eigenvalue weighted by atomic mass is 35.5. The largest absolute Gasteiger partial charge is 0.459 e. The summed E-state index contributed by atoms with van der Waals surface area (Å²) in [7, 11) is 0. The zero-order chi connectivity index (χ0) is 22.3. The lowest BCUT2D eigenvalue weighted by Crippen LogP contribution is -2.39. The van der Waals surface area contributed by atoms with Crippen LogP contribution in [-0.2, 0) is 9.53 Å². The van der Waals surface area contributed by atoms with E-state index >= 15 is 0 Å². The molecule has 1 atom stereocenters. The van der Waals surface area contributed by atoms with Gasteiger partial charge >= 0.3 is 5.97 Å². The van der Waals surface area contributed by atoms with Crippen molar-refractivity contribution in [2.75, 3.05) is 0 Å². The van der Waals surface area contributed by atoms with Gasteiger partial charge in [-0.2, -0.15) is 0 Å². The first-order valence-corrected chi connectivity index (χ1v) is 11.6. The monoisotopic (exact) mass is 476 g/mol. The SMILES string of the molecule is CC1=C(C(=O)OC(C)C)C(c2cccs2)n2c(s/c(=C\c3c(F)cccc3Cl)c2=O)=N1. The number of carbonyl (C=O) groups is 1. The fourth-order valence-electron chi connectivity index (χ4n) is 3.36. The molecule has 1 aliphatic rings. The summed E-state index contributed by atoms with van der Waals surface area (Å²) < 4.78 is 21.5. The van der Waals surface area contributed by atoms with Gasteiger partial charge in [0, 0.05) is 10.4 Å². The van der Waals surface area contributed by atoms with E-state index in [0.29, 0.717) is 16.1 Å². The third kappa shape index (κ3) is 4.03. The minimum absolute atomic E-state index is 0.136. The Hall–Kier alpha value is -2.55. The van der Waals surface area contributed by atoms with Crippen LogP contribution >= 0.6 is 34.3 Å². The number of halogens is 2. The van der Waals surface area contributed by atoms with Crippen LogP contribution in [0.1, 0.15) is 37.3 Å². The molecular weight excluding hydrogens is 459 g/mol. The molecule has 0 bridgehead atoms. The first-order valence-electron chi connectivity index (χ1n) is 9.49. The average molecular weight is 477 g/mol. The number of fused-ring (bicyclic) bond motifs is 1. The number of ether oxygens (including phenoxy) is 1. The Bertz CT molecular complexity index is 1350. The minimum atomic E-state index is -0.666. The predicted octanol–water partition coefficient (Wildman–Crippen LogP) is 4.04. The normalized spacial score (nSPS) is 16.5. The maximum atomic E-state index is 14.3. The number of nitrogens with zero attached hydrogens (tertiary/aromatic N) is 2. The van der Waals surface area contributed by atoms with Crippen molar-refractivity contribution in [2.45, 2.75) is 32.9 Å². The fourth-order valence-corrected chi connectivity index (χ4v) is 5.43. The number of rotatable bonds is 4. The van der Waals surface area contributed by atoms with Gasteiger partial charge in [0.25, 0.3) is 5.56 Å². The van der Waals surface area contributed by atoms with Gasteiger partial charge in [0.15, 0.2) is 4.80 Å². The van der Waals surface area contributed by atoms with Crippen LogP contribution in [0.3, 0.4) is 0 Å². The molecule has 2 aromatic heterocycles. The van der Waals surface area contributed by atoms with E-state index in [2.05, 4.69) is 4.99 Å². The number of thiophene rings is 1. The van der Waals surface area contributed by atoms with Gasteiger partial charge < -0.3 is 4.74 Å². The van der Waals surface area contributed by atoms with Crippen molar-refractivity contribution in [1.82, 2.24) is 4.57 Å². The fraction of sp³-hybridized carbons (Fsp3) is 0.227. The molecule has 31 heavy (non-hydrogen) atoms. The second kappa shape index (κ2) is 8.53. The molecule has 0 fully saturated rings. The van der Waals surface area contributed by atoms with Gasteiger partial charge in [-0.25, -0.2) is 14.2 Å². The van der Waals surface area contributed by atoms with Gasteiger partial charge in [-0.05, 0) is 50.4 Å². The molecule has 0 aliphatic carbocycles. The summed E-state index contributed by atoms with van der Waals surface area (Å²) in [5, 5.41) is 2.09. The van der Waals surface area contributed by atoms with Gasteiger partial charge in [0.05, 0.1) is 26.9 Å². The van der Waals surface area contributed by atoms with Crippen LogP contribution in [0.2, 0.25) is 5.02 Å². The van der Waals surface area contributed by atoms with Gasteiger partial charge in [0.1, 0.15) is 11.9 Å². The van der Waals surface area contributed by atoms with Crippen LogP contribution in [0.15, 0.2) is 56.8 Å². The first-order chi connectivity index (χ1) is 14.8. The van der Waals surface area contributed by atoms with Crippen molar-refractivity contribution in [3.8, 4) is 0 Å². The molecule has 1 unspecified atom stereocenters. The van der Waals surface area contributed by atoms with E-state index in [0.717, 1.165) is 16.2 Å². The molecule has 0 saturated heterocycles. The van der Waals surface area contributed by atoms with E-state index in [4.69, 9.17) is 16.3 Å². The van der Waals surface area contributed by atoms with E-state index < -0.39 is 17.8 Å². The molecular formula is C22H18ClFN2O3S2.